The van der Waals surface area contributed by atoms with Gasteiger partial charge in [-0.25, -0.2) is 9.50 Å². The average molecular weight is 299 g/mol. The molecule has 0 N–H and O–H groups in total. The van der Waals surface area contributed by atoms with Crippen molar-refractivity contribution < 1.29 is 9.53 Å². The fraction of sp³-hybridized carbons (Fsp3) is 0.471. The summed E-state index contributed by atoms with van der Waals surface area (Å²) in [5, 5.41) is 4.34. The molecule has 2 atom stereocenters. The molecule has 2 unspecified atom stereocenters. The highest BCUT2D eigenvalue weighted by molar-refractivity contribution is 5.73. The molecule has 0 fully saturated rings. The van der Waals surface area contributed by atoms with Crippen LogP contribution in [0.3, 0.4) is 0 Å². The molecule has 0 radical (unpaired) electrons. The molecule has 2 heterocycles. The minimum atomic E-state index is -0.0808. The number of carbonyl (C=O) groups excluding carboxylic acids is 1. The molecule has 5 heteroatoms. The Kier molecular flexibility index (Phi) is 4.22. The summed E-state index contributed by atoms with van der Waals surface area (Å²) in [6.07, 6.45) is 8.67. The highest BCUT2D eigenvalue weighted by Gasteiger charge is 2.27. The fourth-order valence-electron chi connectivity index (χ4n) is 3.09. The predicted octanol–water partition coefficient (Wildman–Crippen LogP) is 3.11. The van der Waals surface area contributed by atoms with Crippen LogP contribution in [0.2, 0.25) is 0 Å². The largest absolute Gasteiger partial charge is 0.466 e. The highest BCUT2D eigenvalue weighted by atomic mass is 16.5. The molecule has 3 rings (SSSR count). The van der Waals surface area contributed by atoms with Crippen molar-refractivity contribution >= 4 is 17.2 Å². The Labute approximate surface area is 130 Å². The molecule has 0 amide bonds. The monoisotopic (exact) mass is 299 g/mol. The van der Waals surface area contributed by atoms with E-state index in [-0.39, 0.29) is 11.9 Å². The highest BCUT2D eigenvalue weighted by Crippen LogP contribution is 2.34. The molecular weight excluding hydrogens is 278 g/mol. The number of hydrogen-bond acceptors (Lipinski definition) is 4. The number of carbonyl (C=O) groups is 1. The van der Waals surface area contributed by atoms with Crippen LogP contribution in [0.5, 0.6) is 0 Å². The summed E-state index contributed by atoms with van der Waals surface area (Å²) < 4.78 is 7.01. The fourth-order valence-corrected chi connectivity index (χ4v) is 3.09. The van der Waals surface area contributed by atoms with Crippen molar-refractivity contribution in [2.24, 2.45) is 11.8 Å². The van der Waals surface area contributed by atoms with Gasteiger partial charge >= 0.3 is 5.97 Å². The van der Waals surface area contributed by atoms with Crippen LogP contribution in [0.15, 0.2) is 30.6 Å². The zero-order valence-corrected chi connectivity index (χ0v) is 13.0. The van der Waals surface area contributed by atoms with E-state index in [1.54, 1.807) is 6.20 Å². The van der Waals surface area contributed by atoms with E-state index in [1.165, 1.54) is 5.57 Å². The molecule has 5 nitrogen and oxygen atoms in total. The number of esters is 1. The van der Waals surface area contributed by atoms with Crippen LogP contribution in [0.1, 0.15) is 38.8 Å². The summed E-state index contributed by atoms with van der Waals surface area (Å²) in [4.78, 5) is 16.2. The van der Waals surface area contributed by atoms with E-state index >= 15 is 0 Å². The SMILES string of the molecule is CCOC(=O)C(C)C1CC=C(c2ccnc3ccnn23)CC1. The standard InChI is InChI=1S/C17H21N3O2/c1-3-22-17(21)12(2)13-4-6-14(7-5-13)15-8-10-18-16-9-11-19-20(15)16/h6,8-13H,3-5,7H2,1-2H3. The number of hydrogen-bond donors (Lipinski definition) is 0. The topological polar surface area (TPSA) is 56.5 Å². The van der Waals surface area contributed by atoms with E-state index in [1.807, 2.05) is 36.7 Å². The van der Waals surface area contributed by atoms with Crippen molar-refractivity contribution in [3.8, 4) is 0 Å². The molecule has 2 aromatic heterocycles. The number of fused-ring (bicyclic) bond motifs is 1. The maximum atomic E-state index is 11.9. The van der Waals surface area contributed by atoms with Crippen LogP contribution in [0.25, 0.3) is 11.2 Å². The molecule has 116 valence electrons. The third-order valence-electron chi connectivity index (χ3n) is 4.44. The van der Waals surface area contributed by atoms with Crippen LogP contribution in [-0.4, -0.2) is 27.2 Å². The Bertz CT molecular complexity index is 705. The van der Waals surface area contributed by atoms with Crippen molar-refractivity contribution in [3.63, 3.8) is 0 Å². The van der Waals surface area contributed by atoms with Crippen LogP contribution >= 0.6 is 0 Å². The third-order valence-corrected chi connectivity index (χ3v) is 4.44. The summed E-state index contributed by atoms with van der Waals surface area (Å²) in [5.41, 5.74) is 3.24. The molecule has 0 saturated carbocycles. The Morgan fingerprint density at radius 3 is 3.05 bits per heavy atom. The van der Waals surface area contributed by atoms with Gasteiger partial charge in [-0.15, -0.1) is 0 Å². The van der Waals surface area contributed by atoms with Gasteiger partial charge in [-0.2, -0.15) is 5.10 Å². The second-order valence-electron chi connectivity index (χ2n) is 5.74. The van der Waals surface area contributed by atoms with Gasteiger partial charge in [-0.1, -0.05) is 13.0 Å². The van der Waals surface area contributed by atoms with E-state index in [0.717, 1.165) is 30.6 Å². The Hall–Kier alpha value is -2.17. The first-order valence-electron chi connectivity index (χ1n) is 7.85. The van der Waals surface area contributed by atoms with E-state index in [2.05, 4.69) is 16.2 Å². The second-order valence-corrected chi connectivity index (χ2v) is 5.74. The van der Waals surface area contributed by atoms with Crippen molar-refractivity contribution in [2.45, 2.75) is 33.1 Å². The maximum absolute atomic E-state index is 11.9. The van der Waals surface area contributed by atoms with Gasteiger partial charge in [-0.3, -0.25) is 4.79 Å². The smallest absolute Gasteiger partial charge is 0.308 e. The van der Waals surface area contributed by atoms with E-state index < -0.39 is 0 Å². The molecule has 22 heavy (non-hydrogen) atoms. The lowest BCUT2D eigenvalue weighted by atomic mass is 9.81. The van der Waals surface area contributed by atoms with Gasteiger partial charge in [-0.05, 0) is 43.7 Å². The molecule has 1 aliphatic carbocycles. The first kappa shape index (κ1) is 14.8. The Morgan fingerprint density at radius 2 is 2.32 bits per heavy atom. The van der Waals surface area contributed by atoms with E-state index in [9.17, 15) is 4.79 Å². The zero-order chi connectivity index (χ0) is 15.5. The van der Waals surface area contributed by atoms with Crippen LogP contribution in [-0.2, 0) is 9.53 Å². The summed E-state index contributed by atoms with van der Waals surface area (Å²) in [7, 11) is 0. The van der Waals surface area contributed by atoms with E-state index in [4.69, 9.17) is 4.74 Å². The van der Waals surface area contributed by atoms with Crippen molar-refractivity contribution in [1.82, 2.24) is 14.6 Å². The lowest BCUT2D eigenvalue weighted by molar-refractivity contribution is -0.149. The first-order chi connectivity index (χ1) is 10.7. The van der Waals surface area contributed by atoms with Crippen LogP contribution in [0.4, 0.5) is 0 Å². The minimum Gasteiger partial charge on any atom is -0.466 e. The van der Waals surface area contributed by atoms with Gasteiger partial charge in [0.05, 0.1) is 24.4 Å². The number of rotatable bonds is 4. The molecular formula is C17H21N3O2. The minimum absolute atomic E-state index is 0.0417. The van der Waals surface area contributed by atoms with Crippen LogP contribution in [0, 0.1) is 11.8 Å². The lowest BCUT2D eigenvalue weighted by Gasteiger charge is -2.26. The molecule has 1 aliphatic rings. The molecule has 0 spiro atoms. The van der Waals surface area contributed by atoms with E-state index in [0.29, 0.717) is 12.5 Å². The van der Waals surface area contributed by atoms with Gasteiger partial charge in [0.1, 0.15) is 0 Å². The summed E-state index contributed by atoms with van der Waals surface area (Å²) in [6.45, 7) is 4.27. The Morgan fingerprint density at radius 1 is 1.45 bits per heavy atom. The molecule has 0 aromatic carbocycles. The van der Waals surface area contributed by atoms with Crippen molar-refractivity contribution in [2.75, 3.05) is 6.61 Å². The van der Waals surface area contributed by atoms with Gasteiger partial charge in [0.15, 0.2) is 5.65 Å². The van der Waals surface area contributed by atoms with Gasteiger partial charge < -0.3 is 4.74 Å². The molecule has 0 bridgehead atoms. The lowest BCUT2D eigenvalue weighted by Crippen LogP contribution is -2.24. The summed E-state index contributed by atoms with van der Waals surface area (Å²) >= 11 is 0. The Balaban J connectivity index is 1.76. The van der Waals surface area contributed by atoms with Crippen molar-refractivity contribution in [1.29, 1.82) is 0 Å². The average Bonchev–Trinajstić information content (AvgIpc) is 3.03. The second kappa shape index (κ2) is 6.30. The van der Waals surface area contributed by atoms with Gasteiger partial charge in [0.25, 0.3) is 0 Å². The van der Waals surface area contributed by atoms with Crippen LogP contribution < -0.4 is 0 Å². The number of allylic oxidation sites excluding steroid dienone is 2. The quantitative estimate of drug-likeness (QED) is 0.814. The number of aromatic nitrogens is 3. The summed E-state index contributed by atoms with van der Waals surface area (Å²) in [6, 6.07) is 3.90. The van der Waals surface area contributed by atoms with Gasteiger partial charge in [0.2, 0.25) is 0 Å². The predicted molar refractivity (Wildman–Crippen MR) is 84.1 cm³/mol. The zero-order valence-electron chi connectivity index (χ0n) is 13.0. The molecule has 0 aliphatic heterocycles. The van der Waals surface area contributed by atoms with Crippen molar-refractivity contribution in [3.05, 3.63) is 36.3 Å². The first-order valence-corrected chi connectivity index (χ1v) is 7.85. The number of nitrogens with zero attached hydrogens (tertiary/aromatic N) is 3. The summed E-state index contributed by atoms with van der Waals surface area (Å²) in [5.74, 6) is 0.236. The third kappa shape index (κ3) is 2.75. The maximum Gasteiger partial charge on any atom is 0.308 e. The van der Waals surface area contributed by atoms with Gasteiger partial charge in [0, 0.05) is 12.3 Å². The molecule has 2 aromatic rings. The normalized spacial score (nSPS) is 19.7. The molecule has 0 saturated heterocycles. The number of ether oxygens (including phenoxy) is 1.